The third-order valence-electron chi connectivity index (χ3n) is 4.35. The number of nitro groups is 1. The average Bonchev–Trinajstić information content (AvgIpc) is 3.01. The molecule has 1 aliphatic rings. The summed E-state index contributed by atoms with van der Waals surface area (Å²) in [6, 6.07) is 9.97. The highest BCUT2D eigenvalue weighted by molar-refractivity contribution is 14.1. The van der Waals surface area contributed by atoms with Crippen molar-refractivity contribution in [2.45, 2.75) is 13.5 Å². The molecule has 0 radical (unpaired) electrons. The van der Waals surface area contributed by atoms with Crippen molar-refractivity contribution >= 4 is 57.2 Å². The molecule has 1 saturated heterocycles. The fourth-order valence-corrected chi connectivity index (χ4v) is 4.55. The van der Waals surface area contributed by atoms with Crippen LogP contribution in [0.2, 0.25) is 0 Å². The molecule has 8 nitrogen and oxygen atoms in total. The molecule has 162 valence electrons. The van der Waals surface area contributed by atoms with Gasteiger partial charge in [0.05, 0.1) is 20.0 Å². The Balaban J connectivity index is 1.84. The predicted octanol–water partition coefficient (Wildman–Crippen LogP) is 4.71. The second-order valence-corrected chi connectivity index (χ2v) is 8.63. The van der Waals surface area contributed by atoms with Crippen LogP contribution in [0.15, 0.2) is 46.3 Å². The number of hydrogen-bond acceptors (Lipinski definition) is 7. The summed E-state index contributed by atoms with van der Waals surface area (Å²) in [5, 5.41) is 11.5. The van der Waals surface area contributed by atoms with Gasteiger partial charge < -0.3 is 9.47 Å². The zero-order chi connectivity index (χ0) is 22.5. The van der Waals surface area contributed by atoms with Gasteiger partial charge in [0.1, 0.15) is 6.61 Å². The van der Waals surface area contributed by atoms with Crippen molar-refractivity contribution in [3.8, 4) is 11.5 Å². The highest BCUT2D eigenvalue weighted by Gasteiger charge is 2.29. The second-order valence-electron chi connectivity index (χ2n) is 6.46. The number of amidine groups is 1. The van der Waals surface area contributed by atoms with Gasteiger partial charge in [-0.3, -0.25) is 24.8 Å². The molecule has 1 amide bonds. The van der Waals surface area contributed by atoms with Gasteiger partial charge in [0.15, 0.2) is 16.7 Å². The molecule has 2 aromatic carbocycles. The van der Waals surface area contributed by atoms with E-state index < -0.39 is 4.92 Å². The SMILES string of the molecule is CCOc1cc(/C=C2/SC(=NC)N(C)C2=O)cc(I)c1OCc1ccc([N+](=O)[O-])cc1. The Labute approximate surface area is 197 Å². The zero-order valence-electron chi connectivity index (χ0n) is 17.1. The van der Waals surface area contributed by atoms with Gasteiger partial charge >= 0.3 is 0 Å². The predicted molar refractivity (Wildman–Crippen MR) is 129 cm³/mol. The number of aliphatic imine (C=N–C) groups is 1. The van der Waals surface area contributed by atoms with Crippen molar-refractivity contribution in [1.29, 1.82) is 0 Å². The van der Waals surface area contributed by atoms with Gasteiger partial charge in [-0.05, 0) is 82.7 Å². The number of rotatable bonds is 7. The molecule has 31 heavy (non-hydrogen) atoms. The quantitative estimate of drug-likeness (QED) is 0.214. The number of amides is 1. The highest BCUT2D eigenvalue weighted by atomic mass is 127. The number of ether oxygens (including phenoxy) is 2. The van der Waals surface area contributed by atoms with Crippen molar-refractivity contribution in [1.82, 2.24) is 4.90 Å². The molecule has 0 aliphatic carbocycles. The van der Waals surface area contributed by atoms with Crippen molar-refractivity contribution in [3.63, 3.8) is 0 Å². The number of nitrogens with zero attached hydrogens (tertiary/aromatic N) is 3. The molecular weight excluding hydrogens is 533 g/mol. The van der Waals surface area contributed by atoms with E-state index in [9.17, 15) is 14.9 Å². The molecule has 10 heteroatoms. The molecule has 3 rings (SSSR count). The van der Waals surface area contributed by atoms with Crippen molar-refractivity contribution in [2.24, 2.45) is 4.99 Å². The lowest BCUT2D eigenvalue weighted by Gasteiger charge is -2.15. The Morgan fingerprint density at radius 3 is 2.55 bits per heavy atom. The molecule has 0 bridgehead atoms. The summed E-state index contributed by atoms with van der Waals surface area (Å²) in [5.74, 6) is 1.05. The number of nitro benzene ring substituents is 1. The maximum Gasteiger partial charge on any atom is 0.269 e. The van der Waals surface area contributed by atoms with Crippen LogP contribution in [0.3, 0.4) is 0 Å². The summed E-state index contributed by atoms with van der Waals surface area (Å²) in [6.07, 6.45) is 1.81. The van der Waals surface area contributed by atoms with E-state index in [1.54, 1.807) is 26.2 Å². The topological polar surface area (TPSA) is 94.3 Å². The Morgan fingerprint density at radius 2 is 1.97 bits per heavy atom. The fourth-order valence-electron chi connectivity index (χ4n) is 2.84. The summed E-state index contributed by atoms with van der Waals surface area (Å²) in [5.41, 5.74) is 1.65. The first-order valence-electron chi connectivity index (χ1n) is 9.31. The number of thioether (sulfide) groups is 1. The zero-order valence-corrected chi connectivity index (χ0v) is 20.1. The Kier molecular flexibility index (Phi) is 7.55. The van der Waals surface area contributed by atoms with Crippen LogP contribution >= 0.6 is 34.4 Å². The molecule has 0 saturated carbocycles. The van der Waals surface area contributed by atoms with Crippen LogP contribution in [0.1, 0.15) is 18.1 Å². The molecule has 0 aromatic heterocycles. The maximum absolute atomic E-state index is 12.4. The average molecular weight is 553 g/mol. The molecule has 0 N–H and O–H groups in total. The minimum atomic E-state index is -0.436. The number of benzene rings is 2. The fraction of sp³-hybridized carbons (Fsp3) is 0.238. The summed E-state index contributed by atoms with van der Waals surface area (Å²) >= 11 is 3.49. The standard InChI is InChI=1S/C21H20IN3O5S/c1-4-29-17-10-14(11-18-20(26)24(3)21(23-2)31-18)9-16(22)19(17)30-12-13-5-7-15(8-6-13)25(27)28/h5-11H,4,12H2,1-3H3/b18-11+,23-21?. The van der Waals surface area contributed by atoms with Gasteiger partial charge in [0.25, 0.3) is 11.6 Å². The first kappa shape index (κ1) is 23.1. The van der Waals surface area contributed by atoms with E-state index >= 15 is 0 Å². The normalized spacial score (nSPS) is 16.3. The second kappa shape index (κ2) is 10.1. The van der Waals surface area contributed by atoms with E-state index in [0.717, 1.165) is 14.7 Å². The maximum atomic E-state index is 12.4. The Bertz CT molecular complexity index is 1070. The van der Waals surface area contributed by atoms with Crippen LogP contribution in [0.5, 0.6) is 11.5 Å². The smallest absolute Gasteiger partial charge is 0.269 e. The van der Waals surface area contributed by atoms with Crippen LogP contribution in [0.4, 0.5) is 5.69 Å². The van der Waals surface area contributed by atoms with E-state index in [1.807, 2.05) is 25.1 Å². The van der Waals surface area contributed by atoms with Crippen molar-refractivity contribution in [2.75, 3.05) is 20.7 Å². The summed E-state index contributed by atoms with van der Waals surface area (Å²) in [4.78, 5) is 29.0. The summed E-state index contributed by atoms with van der Waals surface area (Å²) in [6.45, 7) is 2.57. The summed E-state index contributed by atoms with van der Waals surface area (Å²) in [7, 11) is 3.35. The highest BCUT2D eigenvalue weighted by Crippen LogP contribution is 2.37. The van der Waals surface area contributed by atoms with Crippen molar-refractivity contribution in [3.05, 3.63) is 66.1 Å². The van der Waals surface area contributed by atoms with Crippen LogP contribution in [0.25, 0.3) is 6.08 Å². The first-order chi connectivity index (χ1) is 14.8. The third kappa shape index (κ3) is 5.37. The largest absolute Gasteiger partial charge is 0.490 e. The van der Waals surface area contributed by atoms with E-state index in [4.69, 9.17) is 9.47 Å². The summed E-state index contributed by atoms with van der Waals surface area (Å²) < 4.78 is 12.6. The van der Waals surface area contributed by atoms with Crippen LogP contribution < -0.4 is 9.47 Å². The van der Waals surface area contributed by atoms with Crippen LogP contribution in [-0.4, -0.2) is 41.6 Å². The van der Waals surface area contributed by atoms with Gasteiger partial charge in [-0.25, -0.2) is 0 Å². The Hall–Kier alpha value is -2.60. The number of non-ortho nitro benzene ring substituents is 1. The lowest BCUT2D eigenvalue weighted by atomic mass is 10.1. The number of carbonyl (C=O) groups excluding carboxylic acids is 1. The minimum absolute atomic E-state index is 0.0342. The number of halogens is 1. The Morgan fingerprint density at radius 1 is 1.26 bits per heavy atom. The molecular formula is C21H20IN3O5S. The third-order valence-corrected chi connectivity index (χ3v) is 6.31. The lowest BCUT2D eigenvalue weighted by molar-refractivity contribution is -0.384. The number of hydrogen-bond donors (Lipinski definition) is 0. The van der Waals surface area contributed by atoms with Gasteiger partial charge in [0.2, 0.25) is 0 Å². The minimum Gasteiger partial charge on any atom is -0.490 e. The van der Waals surface area contributed by atoms with E-state index in [0.29, 0.717) is 28.2 Å². The number of likely N-dealkylation sites (N-methyl/N-ethyl adjacent to an activating group) is 1. The molecule has 0 spiro atoms. The molecule has 1 fully saturated rings. The van der Waals surface area contributed by atoms with Crippen LogP contribution in [0, 0.1) is 13.7 Å². The first-order valence-corrected chi connectivity index (χ1v) is 11.2. The molecule has 2 aromatic rings. The van der Waals surface area contributed by atoms with Crippen LogP contribution in [-0.2, 0) is 11.4 Å². The number of carbonyl (C=O) groups is 1. The molecule has 0 unspecified atom stereocenters. The van der Waals surface area contributed by atoms with Gasteiger partial charge in [-0.15, -0.1) is 0 Å². The van der Waals surface area contributed by atoms with Gasteiger partial charge in [-0.1, -0.05) is 0 Å². The van der Waals surface area contributed by atoms with E-state index in [-0.39, 0.29) is 18.2 Å². The van der Waals surface area contributed by atoms with Gasteiger partial charge in [0, 0.05) is 26.2 Å². The van der Waals surface area contributed by atoms with Crippen molar-refractivity contribution < 1.29 is 19.2 Å². The molecule has 1 heterocycles. The van der Waals surface area contributed by atoms with E-state index in [2.05, 4.69) is 27.6 Å². The van der Waals surface area contributed by atoms with Gasteiger partial charge in [-0.2, -0.15) is 0 Å². The molecule has 1 aliphatic heterocycles. The van der Waals surface area contributed by atoms with E-state index in [1.165, 1.54) is 28.8 Å². The lowest BCUT2D eigenvalue weighted by Crippen LogP contribution is -2.23. The monoisotopic (exact) mass is 553 g/mol. The molecule has 0 atom stereocenters.